The second-order valence-electron chi connectivity index (χ2n) is 7.00. The number of amides is 2. The van der Waals surface area contributed by atoms with Crippen LogP contribution in [-0.2, 0) is 25.5 Å². The van der Waals surface area contributed by atoms with Gasteiger partial charge in [0.1, 0.15) is 5.82 Å². The first-order valence-corrected chi connectivity index (χ1v) is 9.50. The van der Waals surface area contributed by atoms with E-state index in [0.29, 0.717) is 5.69 Å². The number of benzene rings is 2. The Bertz CT molecular complexity index is 927. The van der Waals surface area contributed by atoms with Gasteiger partial charge in [-0.05, 0) is 48.7 Å². The van der Waals surface area contributed by atoms with Crippen LogP contribution in [0.1, 0.15) is 24.5 Å². The Kier molecular flexibility index (Phi) is 6.26. The maximum Gasteiger partial charge on any atom is 0.311 e. The standard InChI is InChI=1S/C22H23FN2O4/c1-3-15-6-4-5-14(2)21(15)24-19(26)13-29-22(28)16-11-20(27)25(12-16)18-9-7-17(23)8-10-18/h4-10,16H,3,11-13H2,1-2H3,(H,24,26). The molecule has 1 N–H and O–H groups in total. The number of para-hydroxylation sites is 1. The van der Waals surface area contributed by atoms with E-state index >= 15 is 0 Å². The molecule has 29 heavy (non-hydrogen) atoms. The highest BCUT2D eigenvalue weighted by molar-refractivity contribution is 6.00. The van der Waals surface area contributed by atoms with Crippen LogP contribution in [0.3, 0.4) is 0 Å². The third kappa shape index (κ3) is 4.80. The number of halogens is 1. The van der Waals surface area contributed by atoms with Crippen LogP contribution in [0.25, 0.3) is 0 Å². The van der Waals surface area contributed by atoms with Crippen molar-refractivity contribution in [3.8, 4) is 0 Å². The lowest BCUT2D eigenvalue weighted by molar-refractivity contribution is -0.151. The number of ether oxygens (including phenoxy) is 1. The number of hydrogen-bond acceptors (Lipinski definition) is 4. The summed E-state index contributed by atoms with van der Waals surface area (Å²) in [6.45, 7) is 3.61. The third-order valence-electron chi connectivity index (χ3n) is 4.95. The van der Waals surface area contributed by atoms with Crippen LogP contribution in [-0.4, -0.2) is 30.9 Å². The van der Waals surface area contributed by atoms with Crippen LogP contribution in [0.4, 0.5) is 15.8 Å². The van der Waals surface area contributed by atoms with Crippen LogP contribution in [0.15, 0.2) is 42.5 Å². The molecule has 0 saturated carbocycles. The molecule has 0 aliphatic carbocycles. The van der Waals surface area contributed by atoms with Crippen molar-refractivity contribution in [3.05, 3.63) is 59.4 Å². The molecular weight excluding hydrogens is 375 g/mol. The zero-order chi connectivity index (χ0) is 21.0. The Hall–Kier alpha value is -3.22. The third-order valence-corrected chi connectivity index (χ3v) is 4.95. The molecule has 2 aromatic carbocycles. The van der Waals surface area contributed by atoms with Crippen molar-refractivity contribution in [1.82, 2.24) is 0 Å². The summed E-state index contributed by atoms with van der Waals surface area (Å²) in [5, 5.41) is 2.80. The molecule has 2 aromatic rings. The molecule has 0 spiro atoms. The number of esters is 1. The smallest absolute Gasteiger partial charge is 0.311 e. The Morgan fingerprint density at radius 2 is 1.93 bits per heavy atom. The Labute approximate surface area is 168 Å². The van der Waals surface area contributed by atoms with Gasteiger partial charge in [0.15, 0.2) is 6.61 Å². The van der Waals surface area contributed by atoms with E-state index in [4.69, 9.17) is 4.74 Å². The maximum atomic E-state index is 13.1. The number of rotatable bonds is 6. The van der Waals surface area contributed by atoms with Crippen molar-refractivity contribution in [2.75, 3.05) is 23.4 Å². The van der Waals surface area contributed by atoms with Gasteiger partial charge in [0.25, 0.3) is 5.91 Å². The van der Waals surface area contributed by atoms with E-state index in [-0.39, 0.29) is 18.9 Å². The molecule has 1 atom stereocenters. The van der Waals surface area contributed by atoms with Gasteiger partial charge in [-0.25, -0.2) is 4.39 Å². The molecule has 1 aliphatic rings. The predicted octanol–water partition coefficient (Wildman–Crippen LogP) is 3.23. The minimum atomic E-state index is -0.662. The van der Waals surface area contributed by atoms with Gasteiger partial charge in [-0.2, -0.15) is 0 Å². The molecule has 2 amide bonds. The summed E-state index contributed by atoms with van der Waals surface area (Å²) < 4.78 is 18.2. The van der Waals surface area contributed by atoms with E-state index in [0.717, 1.165) is 23.2 Å². The minimum absolute atomic E-state index is 0.00436. The lowest BCUT2D eigenvalue weighted by Gasteiger charge is -2.16. The molecule has 0 bridgehead atoms. The van der Waals surface area contributed by atoms with E-state index in [1.54, 1.807) is 0 Å². The van der Waals surface area contributed by atoms with Gasteiger partial charge in [-0.15, -0.1) is 0 Å². The molecule has 1 aliphatic heterocycles. The first-order chi connectivity index (χ1) is 13.9. The fraction of sp³-hybridized carbons (Fsp3) is 0.318. The number of aryl methyl sites for hydroxylation is 2. The van der Waals surface area contributed by atoms with Gasteiger partial charge in [0.2, 0.25) is 5.91 Å². The second-order valence-corrected chi connectivity index (χ2v) is 7.00. The average Bonchev–Trinajstić information content (AvgIpc) is 3.10. The molecule has 1 heterocycles. The number of carbonyl (C=O) groups excluding carboxylic acids is 3. The van der Waals surface area contributed by atoms with Gasteiger partial charge in [0, 0.05) is 24.3 Å². The first kappa shape index (κ1) is 20.5. The number of nitrogens with zero attached hydrogens (tertiary/aromatic N) is 1. The van der Waals surface area contributed by atoms with Crippen LogP contribution in [0.2, 0.25) is 0 Å². The molecule has 1 unspecified atom stereocenters. The van der Waals surface area contributed by atoms with Crippen molar-refractivity contribution in [1.29, 1.82) is 0 Å². The van der Waals surface area contributed by atoms with E-state index in [2.05, 4.69) is 5.32 Å². The van der Waals surface area contributed by atoms with Gasteiger partial charge >= 0.3 is 5.97 Å². The molecule has 6 nitrogen and oxygen atoms in total. The van der Waals surface area contributed by atoms with Gasteiger partial charge in [-0.3, -0.25) is 14.4 Å². The van der Waals surface area contributed by atoms with Gasteiger partial charge in [0.05, 0.1) is 5.92 Å². The zero-order valence-electron chi connectivity index (χ0n) is 16.4. The van der Waals surface area contributed by atoms with Crippen molar-refractivity contribution >= 4 is 29.2 Å². The highest BCUT2D eigenvalue weighted by Gasteiger charge is 2.36. The summed E-state index contributed by atoms with van der Waals surface area (Å²) in [6.07, 6.45) is 0.760. The second kappa shape index (κ2) is 8.86. The zero-order valence-corrected chi connectivity index (χ0v) is 16.4. The average molecular weight is 398 g/mol. The van der Waals surface area contributed by atoms with E-state index in [1.165, 1.54) is 29.2 Å². The van der Waals surface area contributed by atoms with Crippen molar-refractivity contribution in [2.45, 2.75) is 26.7 Å². The molecule has 152 valence electrons. The largest absolute Gasteiger partial charge is 0.455 e. The summed E-state index contributed by atoms with van der Waals surface area (Å²) in [7, 11) is 0. The van der Waals surface area contributed by atoms with Crippen molar-refractivity contribution in [2.24, 2.45) is 5.92 Å². The van der Waals surface area contributed by atoms with Crippen molar-refractivity contribution < 1.29 is 23.5 Å². The SMILES string of the molecule is CCc1cccc(C)c1NC(=O)COC(=O)C1CC(=O)N(c2ccc(F)cc2)C1. The Morgan fingerprint density at radius 1 is 1.21 bits per heavy atom. The summed E-state index contributed by atoms with van der Waals surface area (Å²) in [5.41, 5.74) is 3.19. The summed E-state index contributed by atoms with van der Waals surface area (Å²) >= 11 is 0. The monoisotopic (exact) mass is 398 g/mol. The van der Waals surface area contributed by atoms with Crippen LogP contribution >= 0.6 is 0 Å². The minimum Gasteiger partial charge on any atom is -0.455 e. The summed E-state index contributed by atoms with van der Waals surface area (Å²) in [5.74, 6) is -2.33. The van der Waals surface area contributed by atoms with Gasteiger partial charge < -0.3 is 15.0 Å². The molecule has 0 radical (unpaired) electrons. The molecule has 1 fully saturated rings. The summed E-state index contributed by atoms with van der Waals surface area (Å²) in [6, 6.07) is 11.2. The number of carbonyl (C=O) groups is 3. The summed E-state index contributed by atoms with van der Waals surface area (Å²) in [4.78, 5) is 38.2. The normalized spacial score (nSPS) is 16.0. The molecule has 0 aromatic heterocycles. The molecule has 3 rings (SSSR count). The van der Waals surface area contributed by atoms with Crippen LogP contribution in [0.5, 0.6) is 0 Å². The highest BCUT2D eigenvalue weighted by Crippen LogP contribution is 2.26. The number of hydrogen-bond donors (Lipinski definition) is 1. The fourth-order valence-corrected chi connectivity index (χ4v) is 3.37. The van der Waals surface area contributed by atoms with Gasteiger partial charge in [-0.1, -0.05) is 25.1 Å². The molecule has 1 saturated heterocycles. The van der Waals surface area contributed by atoms with E-state index in [9.17, 15) is 18.8 Å². The van der Waals surface area contributed by atoms with Crippen LogP contribution < -0.4 is 10.2 Å². The quantitative estimate of drug-likeness (QED) is 0.758. The number of anilines is 2. The molecule has 7 heteroatoms. The highest BCUT2D eigenvalue weighted by atomic mass is 19.1. The van der Waals surface area contributed by atoms with E-state index in [1.807, 2.05) is 32.0 Å². The first-order valence-electron chi connectivity index (χ1n) is 9.50. The number of nitrogens with one attached hydrogen (secondary N) is 1. The lowest BCUT2D eigenvalue weighted by Crippen LogP contribution is -2.28. The topological polar surface area (TPSA) is 75.7 Å². The van der Waals surface area contributed by atoms with Crippen LogP contribution in [0, 0.1) is 18.7 Å². The maximum absolute atomic E-state index is 13.1. The van der Waals surface area contributed by atoms with E-state index < -0.39 is 30.2 Å². The Balaban J connectivity index is 1.55. The lowest BCUT2D eigenvalue weighted by atomic mass is 10.1. The van der Waals surface area contributed by atoms with Crippen molar-refractivity contribution in [3.63, 3.8) is 0 Å². The Morgan fingerprint density at radius 3 is 2.62 bits per heavy atom. The molecular formula is C22H23FN2O4. The fourth-order valence-electron chi connectivity index (χ4n) is 3.37. The predicted molar refractivity (Wildman–Crippen MR) is 107 cm³/mol.